The van der Waals surface area contributed by atoms with E-state index >= 15 is 0 Å². The number of halogens is 1. The first-order chi connectivity index (χ1) is 8.81. The molecule has 1 amide bonds. The van der Waals surface area contributed by atoms with Crippen molar-refractivity contribution >= 4 is 18.3 Å². The lowest BCUT2D eigenvalue weighted by Gasteiger charge is -2.24. The van der Waals surface area contributed by atoms with Crippen LogP contribution in [0.15, 0.2) is 24.3 Å². The van der Waals surface area contributed by atoms with Crippen LogP contribution < -0.4 is 15.4 Å². The molecule has 0 fully saturated rings. The van der Waals surface area contributed by atoms with Gasteiger partial charge in [0.25, 0.3) is 0 Å². The largest absolute Gasteiger partial charge is 0.492 e. The molecule has 4 nitrogen and oxygen atoms in total. The average molecular weight is 285 g/mol. The van der Waals surface area contributed by atoms with E-state index in [-0.39, 0.29) is 24.2 Å². The fourth-order valence-corrected chi connectivity index (χ4v) is 2.09. The molecule has 0 aromatic heterocycles. The molecule has 0 saturated heterocycles. The number of amides is 1. The van der Waals surface area contributed by atoms with E-state index in [2.05, 4.69) is 10.6 Å². The lowest BCUT2D eigenvalue weighted by molar-refractivity contribution is -0.126. The van der Waals surface area contributed by atoms with Crippen molar-refractivity contribution in [1.29, 1.82) is 0 Å². The zero-order valence-corrected chi connectivity index (χ0v) is 12.0. The molecule has 19 heavy (non-hydrogen) atoms. The molecule has 0 bridgehead atoms. The Kier molecular flexibility index (Phi) is 6.67. The van der Waals surface area contributed by atoms with Crippen LogP contribution >= 0.6 is 12.4 Å². The fraction of sp³-hybridized carbons (Fsp3) is 0.500. The molecule has 106 valence electrons. The van der Waals surface area contributed by atoms with Crippen molar-refractivity contribution in [2.75, 3.05) is 26.2 Å². The van der Waals surface area contributed by atoms with Gasteiger partial charge in [0.05, 0.1) is 5.92 Å². The smallest absolute Gasteiger partial charge is 0.226 e. The number of carbonyl (C=O) groups is 1. The highest BCUT2D eigenvalue weighted by Gasteiger charge is 2.25. The Morgan fingerprint density at radius 3 is 2.95 bits per heavy atom. The Labute approximate surface area is 120 Å². The summed E-state index contributed by atoms with van der Waals surface area (Å²) in [6, 6.07) is 7.91. The lowest BCUT2D eigenvalue weighted by atomic mass is 9.96. The van der Waals surface area contributed by atoms with Gasteiger partial charge in [-0.1, -0.05) is 25.1 Å². The predicted molar refractivity (Wildman–Crippen MR) is 77.9 cm³/mol. The molecule has 1 aliphatic rings. The molecular weight excluding hydrogens is 264 g/mol. The number of fused-ring (bicyclic) bond motifs is 1. The SMILES string of the molecule is CCNCCNC(=O)C1COc2ccccc2C1.Cl. The van der Waals surface area contributed by atoms with Gasteiger partial charge in [-0.05, 0) is 24.6 Å². The zero-order valence-electron chi connectivity index (χ0n) is 11.1. The maximum absolute atomic E-state index is 12.0. The Hall–Kier alpha value is -1.26. The van der Waals surface area contributed by atoms with Crippen molar-refractivity contribution < 1.29 is 9.53 Å². The van der Waals surface area contributed by atoms with Crippen LogP contribution in [0.5, 0.6) is 5.75 Å². The first-order valence-electron chi connectivity index (χ1n) is 6.50. The minimum Gasteiger partial charge on any atom is -0.492 e. The fourth-order valence-electron chi connectivity index (χ4n) is 2.09. The van der Waals surface area contributed by atoms with Gasteiger partial charge in [0.15, 0.2) is 0 Å². The molecular formula is C14H21ClN2O2. The molecule has 2 rings (SSSR count). The number of carbonyl (C=O) groups excluding carboxylic acids is 1. The summed E-state index contributed by atoms with van der Waals surface area (Å²) in [4.78, 5) is 12.0. The highest BCUT2D eigenvalue weighted by atomic mass is 35.5. The molecule has 5 heteroatoms. The van der Waals surface area contributed by atoms with Crippen molar-refractivity contribution in [3.63, 3.8) is 0 Å². The maximum Gasteiger partial charge on any atom is 0.226 e. The van der Waals surface area contributed by atoms with E-state index in [9.17, 15) is 4.79 Å². The van der Waals surface area contributed by atoms with Crippen molar-refractivity contribution in [2.45, 2.75) is 13.3 Å². The second kappa shape index (κ2) is 8.02. The number of likely N-dealkylation sites (N-methyl/N-ethyl adjacent to an activating group) is 1. The molecule has 0 aliphatic carbocycles. The monoisotopic (exact) mass is 284 g/mol. The summed E-state index contributed by atoms with van der Waals surface area (Å²) >= 11 is 0. The summed E-state index contributed by atoms with van der Waals surface area (Å²) in [6.07, 6.45) is 0.767. The van der Waals surface area contributed by atoms with Crippen molar-refractivity contribution in [2.24, 2.45) is 5.92 Å². The standard InChI is InChI=1S/C14H20N2O2.ClH/c1-2-15-7-8-16-14(17)12-9-11-5-3-4-6-13(11)18-10-12;/h3-6,12,15H,2,7-10H2,1H3,(H,16,17);1H. The van der Waals surface area contributed by atoms with Crippen LogP contribution in [-0.2, 0) is 11.2 Å². The van der Waals surface area contributed by atoms with Crippen molar-refractivity contribution in [3.05, 3.63) is 29.8 Å². The minimum atomic E-state index is -0.0680. The van der Waals surface area contributed by atoms with Gasteiger partial charge in [0, 0.05) is 13.1 Å². The Morgan fingerprint density at radius 1 is 1.37 bits per heavy atom. The highest BCUT2D eigenvalue weighted by molar-refractivity contribution is 5.85. The predicted octanol–water partition coefficient (Wildman–Crippen LogP) is 1.39. The molecule has 1 heterocycles. The third-order valence-corrected chi connectivity index (χ3v) is 3.10. The quantitative estimate of drug-likeness (QED) is 0.804. The van der Waals surface area contributed by atoms with Crippen molar-refractivity contribution in [1.82, 2.24) is 10.6 Å². The Morgan fingerprint density at radius 2 is 2.16 bits per heavy atom. The molecule has 1 unspecified atom stereocenters. The van der Waals surface area contributed by atoms with Crippen LogP contribution in [0.3, 0.4) is 0 Å². The maximum atomic E-state index is 12.0. The van der Waals surface area contributed by atoms with E-state index in [0.29, 0.717) is 13.2 Å². The second-order valence-corrected chi connectivity index (χ2v) is 4.46. The van der Waals surface area contributed by atoms with Gasteiger partial charge in [-0.15, -0.1) is 12.4 Å². The first-order valence-corrected chi connectivity index (χ1v) is 6.50. The van der Waals surface area contributed by atoms with Crippen LogP contribution in [0, 0.1) is 5.92 Å². The number of hydrogen-bond donors (Lipinski definition) is 2. The van der Waals surface area contributed by atoms with Crippen molar-refractivity contribution in [3.8, 4) is 5.75 Å². The number of para-hydroxylation sites is 1. The third kappa shape index (κ3) is 4.40. The molecule has 1 atom stereocenters. The zero-order chi connectivity index (χ0) is 12.8. The summed E-state index contributed by atoms with van der Waals surface area (Å²) in [5.74, 6) is 0.929. The average Bonchev–Trinajstić information content (AvgIpc) is 2.43. The van der Waals surface area contributed by atoms with E-state index in [1.165, 1.54) is 0 Å². The molecule has 0 saturated carbocycles. The summed E-state index contributed by atoms with van der Waals surface area (Å²) in [7, 11) is 0. The Bertz CT molecular complexity index is 412. The van der Waals surface area contributed by atoms with E-state index < -0.39 is 0 Å². The highest BCUT2D eigenvalue weighted by Crippen LogP contribution is 2.26. The molecule has 1 aliphatic heterocycles. The van der Waals surface area contributed by atoms with Gasteiger partial charge < -0.3 is 15.4 Å². The lowest BCUT2D eigenvalue weighted by Crippen LogP contribution is -2.40. The van der Waals surface area contributed by atoms with Crippen LogP contribution in [-0.4, -0.2) is 32.1 Å². The van der Waals surface area contributed by atoms with Crippen LogP contribution in [0.1, 0.15) is 12.5 Å². The molecule has 0 spiro atoms. The van der Waals surface area contributed by atoms with Crippen LogP contribution in [0.2, 0.25) is 0 Å². The minimum absolute atomic E-state index is 0. The number of ether oxygens (including phenoxy) is 1. The van der Waals surface area contributed by atoms with Gasteiger partial charge in [0.1, 0.15) is 12.4 Å². The van der Waals surface area contributed by atoms with E-state index in [1.54, 1.807) is 0 Å². The molecule has 0 radical (unpaired) electrons. The van der Waals surface area contributed by atoms with Gasteiger partial charge in [-0.25, -0.2) is 0 Å². The molecule has 2 N–H and O–H groups in total. The van der Waals surface area contributed by atoms with E-state index in [4.69, 9.17) is 4.74 Å². The first kappa shape index (κ1) is 15.8. The third-order valence-electron chi connectivity index (χ3n) is 3.10. The molecule has 1 aromatic rings. The topological polar surface area (TPSA) is 50.4 Å². The summed E-state index contributed by atoms with van der Waals surface area (Å²) in [5.41, 5.74) is 1.12. The number of rotatable bonds is 5. The van der Waals surface area contributed by atoms with E-state index in [1.807, 2.05) is 31.2 Å². The van der Waals surface area contributed by atoms with Crippen LogP contribution in [0.4, 0.5) is 0 Å². The number of hydrogen-bond acceptors (Lipinski definition) is 3. The van der Waals surface area contributed by atoms with E-state index in [0.717, 1.165) is 30.8 Å². The number of nitrogens with one attached hydrogen (secondary N) is 2. The molecule has 1 aromatic carbocycles. The normalized spacial score (nSPS) is 16.8. The van der Waals surface area contributed by atoms with Crippen LogP contribution in [0.25, 0.3) is 0 Å². The van der Waals surface area contributed by atoms with Gasteiger partial charge in [-0.3, -0.25) is 4.79 Å². The summed E-state index contributed by atoms with van der Waals surface area (Å²) in [5, 5.41) is 6.11. The van der Waals surface area contributed by atoms with Gasteiger partial charge >= 0.3 is 0 Å². The Balaban J connectivity index is 0.00000180. The second-order valence-electron chi connectivity index (χ2n) is 4.46. The summed E-state index contributed by atoms with van der Waals surface area (Å²) in [6.45, 7) is 4.94. The van der Waals surface area contributed by atoms with Gasteiger partial charge in [-0.2, -0.15) is 0 Å². The van der Waals surface area contributed by atoms with Gasteiger partial charge in [0.2, 0.25) is 5.91 Å². The number of benzene rings is 1. The summed E-state index contributed by atoms with van der Waals surface area (Å²) < 4.78 is 5.61.